The largest absolute Gasteiger partial charge is 0.451 e. The molecular formula is C28H25ClN2O5S. The van der Waals surface area contributed by atoms with Crippen molar-refractivity contribution in [2.45, 2.75) is 30.5 Å². The molecule has 3 aromatic carbocycles. The van der Waals surface area contributed by atoms with Gasteiger partial charge >= 0.3 is 5.97 Å². The summed E-state index contributed by atoms with van der Waals surface area (Å²) < 4.78 is 18.4. The standard InChI is InChI=1S/C28H25ClN2O5S/c1-18(2)23(28(34)36-24(19-12-6-3-7-13-19)20-14-8-4-9-15-20)31-26(33)22(27(31)37(29)35)30-25(32)21-16-10-5-11-17-21/h3-17,22-24,27H,1H2,2H3,(H,30,32). The van der Waals surface area contributed by atoms with E-state index in [9.17, 15) is 18.6 Å². The number of hydrogen-bond donors (Lipinski definition) is 1. The molecule has 7 nitrogen and oxygen atoms in total. The van der Waals surface area contributed by atoms with E-state index in [0.29, 0.717) is 11.1 Å². The van der Waals surface area contributed by atoms with Crippen molar-refractivity contribution in [3.8, 4) is 0 Å². The molecule has 2 amide bonds. The number of likely N-dealkylation sites (tertiary alicyclic amines) is 1. The highest BCUT2D eigenvalue weighted by atomic mass is 35.7. The molecule has 0 aliphatic carbocycles. The van der Waals surface area contributed by atoms with Gasteiger partial charge in [0.15, 0.2) is 17.5 Å². The third-order valence-electron chi connectivity index (χ3n) is 6.00. The molecule has 0 bridgehead atoms. The molecule has 4 atom stereocenters. The summed E-state index contributed by atoms with van der Waals surface area (Å²) in [6.45, 7) is 5.44. The van der Waals surface area contributed by atoms with Gasteiger partial charge in [0.25, 0.3) is 5.91 Å². The summed E-state index contributed by atoms with van der Waals surface area (Å²) in [4.78, 5) is 40.4. The van der Waals surface area contributed by atoms with E-state index in [1.54, 1.807) is 37.3 Å². The minimum atomic E-state index is -2.10. The number of rotatable bonds is 9. The van der Waals surface area contributed by atoms with Crippen LogP contribution in [0.2, 0.25) is 0 Å². The maximum absolute atomic E-state index is 13.5. The molecule has 190 valence electrons. The average Bonchev–Trinajstić information content (AvgIpc) is 2.91. The van der Waals surface area contributed by atoms with Crippen LogP contribution in [0.25, 0.3) is 0 Å². The predicted molar refractivity (Wildman–Crippen MR) is 142 cm³/mol. The second kappa shape index (κ2) is 11.5. The molecule has 37 heavy (non-hydrogen) atoms. The number of carbonyl (C=O) groups is 3. The third-order valence-corrected chi connectivity index (χ3v) is 7.43. The maximum atomic E-state index is 13.5. The third kappa shape index (κ3) is 5.65. The fraction of sp³-hybridized carbons (Fsp3) is 0.179. The van der Waals surface area contributed by atoms with Gasteiger partial charge in [0.05, 0.1) is 0 Å². The number of β-lactam (4-membered cyclic amide) rings is 1. The van der Waals surface area contributed by atoms with Crippen molar-refractivity contribution >= 4 is 38.5 Å². The molecule has 0 radical (unpaired) electrons. The summed E-state index contributed by atoms with van der Waals surface area (Å²) in [6.07, 6.45) is -0.748. The molecular weight excluding hydrogens is 512 g/mol. The lowest BCUT2D eigenvalue weighted by atomic mass is 9.98. The quantitative estimate of drug-likeness (QED) is 0.192. The Labute approximate surface area is 222 Å². The average molecular weight is 537 g/mol. The van der Waals surface area contributed by atoms with E-state index in [1.807, 2.05) is 60.7 Å². The number of amides is 2. The van der Waals surface area contributed by atoms with E-state index in [1.165, 1.54) is 0 Å². The molecule has 1 saturated heterocycles. The highest BCUT2D eigenvalue weighted by Gasteiger charge is 2.56. The SMILES string of the molecule is C=C(C)C(C(=O)OC(c1ccccc1)c1ccccc1)N1C(=O)C(NC(=O)c2ccccc2)C1S(=O)Cl. The Kier molecular flexibility index (Phi) is 8.21. The molecule has 0 spiro atoms. The van der Waals surface area contributed by atoms with Crippen molar-refractivity contribution in [3.63, 3.8) is 0 Å². The first-order chi connectivity index (χ1) is 17.8. The Morgan fingerprint density at radius 3 is 1.89 bits per heavy atom. The maximum Gasteiger partial charge on any atom is 0.334 e. The Balaban J connectivity index is 1.59. The zero-order chi connectivity index (χ0) is 26.5. The lowest BCUT2D eigenvalue weighted by Gasteiger charge is -2.48. The van der Waals surface area contributed by atoms with Gasteiger partial charge in [-0.3, -0.25) is 9.59 Å². The molecule has 0 saturated carbocycles. The van der Waals surface area contributed by atoms with Crippen molar-refractivity contribution in [3.05, 3.63) is 120 Å². The van der Waals surface area contributed by atoms with Gasteiger partial charge in [-0.25, -0.2) is 9.00 Å². The highest BCUT2D eigenvalue weighted by molar-refractivity contribution is 8.08. The lowest BCUT2D eigenvalue weighted by molar-refractivity contribution is -0.164. The normalized spacial score (nSPS) is 18.5. The molecule has 1 N–H and O–H groups in total. The Bertz CT molecular complexity index is 1280. The van der Waals surface area contributed by atoms with Crippen LogP contribution in [0.15, 0.2) is 103 Å². The van der Waals surface area contributed by atoms with Gasteiger partial charge in [0.1, 0.15) is 16.1 Å². The smallest absolute Gasteiger partial charge is 0.334 e. The fourth-order valence-electron chi connectivity index (χ4n) is 4.22. The number of halogens is 1. The zero-order valence-corrected chi connectivity index (χ0v) is 21.5. The van der Waals surface area contributed by atoms with Gasteiger partial charge in [-0.2, -0.15) is 0 Å². The number of ether oxygens (including phenoxy) is 1. The molecule has 0 aromatic heterocycles. The molecule has 1 aliphatic rings. The number of benzene rings is 3. The van der Waals surface area contributed by atoms with E-state index >= 15 is 0 Å². The lowest BCUT2D eigenvalue weighted by Crippen LogP contribution is -2.75. The molecule has 4 unspecified atom stereocenters. The first-order valence-electron chi connectivity index (χ1n) is 11.5. The predicted octanol–water partition coefficient (Wildman–Crippen LogP) is 4.13. The zero-order valence-electron chi connectivity index (χ0n) is 20.0. The van der Waals surface area contributed by atoms with E-state index in [-0.39, 0.29) is 0 Å². The van der Waals surface area contributed by atoms with Crippen LogP contribution in [0.5, 0.6) is 0 Å². The van der Waals surface area contributed by atoms with Crippen LogP contribution in [0.4, 0.5) is 0 Å². The first-order valence-corrected chi connectivity index (χ1v) is 13.5. The first kappa shape index (κ1) is 26.3. The van der Waals surface area contributed by atoms with Crippen molar-refractivity contribution < 1.29 is 23.3 Å². The van der Waals surface area contributed by atoms with Crippen molar-refractivity contribution in [2.24, 2.45) is 0 Å². The Morgan fingerprint density at radius 2 is 1.43 bits per heavy atom. The Hall–Kier alpha value is -3.75. The van der Waals surface area contributed by atoms with E-state index in [0.717, 1.165) is 16.0 Å². The van der Waals surface area contributed by atoms with Crippen LogP contribution >= 0.6 is 10.7 Å². The molecule has 4 rings (SSSR count). The summed E-state index contributed by atoms with van der Waals surface area (Å²) in [6, 6.07) is 24.3. The molecule has 1 heterocycles. The van der Waals surface area contributed by atoms with E-state index < -0.39 is 51.4 Å². The van der Waals surface area contributed by atoms with Gasteiger partial charge in [0, 0.05) is 5.56 Å². The molecule has 3 aromatic rings. The number of nitrogens with zero attached hydrogens (tertiary/aromatic N) is 1. The van der Waals surface area contributed by atoms with Crippen LogP contribution in [-0.2, 0) is 24.3 Å². The minimum Gasteiger partial charge on any atom is -0.451 e. The number of carbonyl (C=O) groups excluding carboxylic acids is 3. The second-order valence-corrected chi connectivity index (χ2v) is 10.5. The van der Waals surface area contributed by atoms with Crippen LogP contribution < -0.4 is 5.32 Å². The molecule has 9 heteroatoms. The molecule has 1 fully saturated rings. The van der Waals surface area contributed by atoms with Gasteiger partial charge in [-0.15, -0.1) is 0 Å². The van der Waals surface area contributed by atoms with Crippen LogP contribution in [0.1, 0.15) is 34.5 Å². The van der Waals surface area contributed by atoms with Crippen LogP contribution in [0.3, 0.4) is 0 Å². The van der Waals surface area contributed by atoms with Crippen molar-refractivity contribution in [2.75, 3.05) is 0 Å². The van der Waals surface area contributed by atoms with Gasteiger partial charge in [-0.05, 0) is 46.4 Å². The minimum absolute atomic E-state index is 0.304. The van der Waals surface area contributed by atoms with E-state index in [4.69, 9.17) is 15.4 Å². The number of esters is 1. The number of nitrogens with one attached hydrogen (secondary N) is 1. The Morgan fingerprint density at radius 1 is 0.946 bits per heavy atom. The number of hydrogen-bond acceptors (Lipinski definition) is 5. The topological polar surface area (TPSA) is 92.8 Å². The van der Waals surface area contributed by atoms with Crippen LogP contribution in [0, 0.1) is 0 Å². The molecule has 1 aliphatic heterocycles. The summed E-state index contributed by atoms with van der Waals surface area (Å²) in [7, 11) is 3.86. The van der Waals surface area contributed by atoms with Gasteiger partial charge in [0.2, 0.25) is 5.91 Å². The highest BCUT2D eigenvalue weighted by Crippen LogP contribution is 2.33. The van der Waals surface area contributed by atoms with Crippen LogP contribution in [-0.4, -0.2) is 44.4 Å². The summed E-state index contributed by atoms with van der Waals surface area (Å²) in [5.41, 5.74) is 2.11. The van der Waals surface area contributed by atoms with E-state index in [2.05, 4.69) is 11.9 Å². The fourth-order valence-corrected chi connectivity index (χ4v) is 5.59. The second-order valence-electron chi connectivity index (χ2n) is 8.59. The van der Waals surface area contributed by atoms with Crippen molar-refractivity contribution in [1.29, 1.82) is 0 Å². The summed E-state index contributed by atoms with van der Waals surface area (Å²) in [5.74, 6) is -1.88. The van der Waals surface area contributed by atoms with Crippen molar-refractivity contribution in [1.82, 2.24) is 10.2 Å². The van der Waals surface area contributed by atoms with Gasteiger partial charge < -0.3 is 15.0 Å². The monoisotopic (exact) mass is 536 g/mol. The summed E-state index contributed by atoms with van der Waals surface area (Å²) >= 11 is 0. The van der Waals surface area contributed by atoms with Gasteiger partial charge in [-0.1, -0.05) is 85.4 Å². The summed E-state index contributed by atoms with van der Waals surface area (Å²) in [5, 5.41) is 1.43.